The van der Waals surface area contributed by atoms with E-state index in [0.29, 0.717) is 25.0 Å². The van der Waals surface area contributed by atoms with Gasteiger partial charge in [-0.25, -0.2) is 0 Å². The molecule has 5 heterocycles. The molecule has 0 aromatic rings. The normalized spacial score (nSPS) is 36.6. The number of amides is 2. The summed E-state index contributed by atoms with van der Waals surface area (Å²) in [5, 5.41) is 3.39. The molecule has 5 aliphatic rings. The van der Waals surface area contributed by atoms with Crippen LogP contribution in [0.1, 0.15) is 38.5 Å². The van der Waals surface area contributed by atoms with Gasteiger partial charge in [0.25, 0.3) is 0 Å². The molecule has 3 unspecified atom stereocenters. The van der Waals surface area contributed by atoms with E-state index in [9.17, 15) is 9.59 Å². The summed E-state index contributed by atoms with van der Waals surface area (Å²) < 4.78 is 0. The van der Waals surface area contributed by atoms with Crippen molar-refractivity contribution in [3.63, 3.8) is 0 Å². The smallest absolute Gasteiger partial charge is 0.230 e. The lowest BCUT2D eigenvalue weighted by molar-refractivity contribution is -0.150. The van der Waals surface area contributed by atoms with E-state index in [-0.39, 0.29) is 11.8 Å². The van der Waals surface area contributed by atoms with Crippen molar-refractivity contribution in [3.8, 4) is 0 Å². The zero-order valence-corrected chi connectivity index (χ0v) is 17.1. The van der Waals surface area contributed by atoms with Crippen LogP contribution in [-0.4, -0.2) is 109 Å². The number of carbonyl (C=O) groups excluding carboxylic acids is 2. The Hall–Kier alpha value is -1.18. The summed E-state index contributed by atoms with van der Waals surface area (Å²) in [5.74, 6) is 0.431. The lowest BCUT2D eigenvalue weighted by atomic mass is 9.81. The first-order valence-electron chi connectivity index (χ1n) is 11.4. The van der Waals surface area contributed by atoms with Gasteiger partial charge in [-0.05, 0) is 51.7 Å². The second-order valence-corrected chi connectivity index (χ2v) is 9.64. The fourth-order valence-corrected chi connectivity index (χ4v) is 6.28. The number of piperazine rings is 2. The van der Waals surface area contributed by atoms with E-state index in [1.807, 2.05) is 0 Å². The highest BCUT2D eigenvalue weighted by atomic mass is 16.2. The Morgan fingerprint density at radius 2 is 1.50 bits per heavy atom. The molecule has 5 fully saturated rings. The zero-order chi connectivity index (χ0) is 19.1. The van der Waals surface area contributed by atoms with Crippen LogP contribution in [0.3, 0.4) is 0 Å². The summed E-state index contributed by atoms with van der Waals surface area (Å²) in [6.07, 6.45) is 6.11. The lowest BCUT2D eigenvalue weighted by Gasteiger charge is -2.42. The third-order valence-electron chi connectivity index (χ3n) is 8.00. The highest BCUT2D eigenvalue weighted by molar-refractivity contribution is 5.90. The first kappa shape index (κ1) is 18.8. The molecule has 0 bridgehead atoms. The zero-order valence-electron chi connectivity index (χ0n) is 17.1. The van der Waals surface area contributed by atoms with Crippen molar-refractivity contribution >= 4 is 11.8 Å². The molecule has 7 nitrogen and oxygen atoms in total. The molecule has 3 atom stereocenters. The Morgan fingerprint density at radius 1 is 0.857 bits per heavy atom. The molecule has 0 spiro atoms. The Morgan fingerprint density at radius 3 is 2.14 bits per heavy atom. The maximum absolute atomic E-state index is 13.6. The number of rotatable bonds is 3. The molecule has 0 radical (unpaired) electrons. The molecule has 5 saturated heterocycles. The topological polar surface area (TPSA) is 59.1 Å². The van der Waals surface area contributed by atoms with Gasteiger partial charge in [0, 0.05) is 64.3 Å². The van der Waals surface area contributed by atoms with Crippen molar-refractivity contribution < 1.29 is 9.59 Å². The van der Waals surface area contributed by atoms with E-state index >= 15 is 0 Å². The maximum atomic E-state index is 13.6. The molecular weight excluding hydrogens is 354 g/mol. The average Bonchev–Trinajstić information content (AvgIpc) is 3.46. The average molecular weight is 390 g/mol. The van der Waals surface area contributed by atoms with Crippen LogP contribution in [0.15, 0.2) is 0 Å². The minimum atomic E-state index is -0.523. The molecule has 5 aliphatic heterocycles. The van der Waals surface area contributed by atoms with Crippen LogP contribution in [0.5, 0.6) is 0 Å². The number of fused-ring (bicyclic) bond motifs is 2. The predicted octanol–water partition coefficient (Wildman–Crippen LogP) is -0.0306. The van der Waals surface area contributed by atoms with Gasteiger partial charge in [-0.3, -0.25) is 19.4 Å². The Labute approximate surface area is 168 Å². The van der Waals surface area contributed by atoms with E-state index < -0.39 is 5.41 Å². The van der Waals surface area contributed by atoms with Crippen LogP contribution in [0.2, 0.25) is 0 Å². The SMILES string of the molecule is O=C(CC1(C(=O)N2CCN3CCCC3C2)CCNC1)N1CCN2CCCC2C1. The van der Waals surface area contributed by atoms with E-state index in [1.54, 1.807) is 0 Å². The molecule has 0 saturated carbocycles. The summed E-state index contributed by atoms with van der Waals surface area (Å²) in [4.78, 5) is 36.0. The number of nitrogens with one attached hydrogen (secondary N) is 1. The van der Waals surface area contributed by atoms with Crippen molar-refractivity contribution in [1.82, 2.24) is 24.9 Å². The number of hydrogen-bond donors (Lipinski definition) is 1. The van der Waals surface area contributed by atoms with Crippen LogP contribution < -0.4 is 5.32 Å². The molecule has 28 heavy (non-hydrogen) atoms. The molecule has 5 rings (SSSR count). The first-order chi connectivity index (χ1) is 13.6. The number of nitrogens with zero attached hydrogens (tertiary/aromatic N) is 4. The van der Waals surface area contributed by atoms with Gasteiger partial charge in [0.1, 0.15) is 0 Å². The van der Waals surface area contributed by atoms with Crippen molar-refractivity contribution in [2.75, 3.05) is 65.4 Å². The molecule has 1 N–H and O–H groups in total. The van der Waals surface area contributed by atoms with Gasteiger partial charge in [0.15, 0.2) is 0 Å². The van der Waals surface area contributed by atoms with E-state index in [4.69, 9.17) is 0 Å². The van der Waals surface area contributed by atoms with Gasteiger partial charge in [-0.2, -0.15) is 0 Å². The number of carbonyl (C=O) groups is 2. The predicted molar refractivity (Wildman–Crippen MR) is 107 cm³/mol. The van der Waals surface area contributed by atoms with Crippen molar-refractivity contribution in [3.05, 3.63) is 0 Å². The highest BCUT2D eigenvalue weighted by Gasteiger charge is 2.48. The van der Waals surface area contributed by atoms with Crippen molar-refractivity contribution in [2.24, 2.45) is 5.41 Å². The molecule has 2 amide bonds. The largest absolute Gasteiger partial charge is 0.340 e. The van der Waals surface area contributed by atoms with Gasteiger partial charge in [-0.1, -0.05) is 0 Å². The molecule has 0 aromatic carbocycles. The monoisotopic (exact) mass is 389 g/mol. The summed E-state index contributed by atoms with van der Waals surface area (Å²) in [7, 11) is 0. The first-order valence-corrected chi connectivity index (χ1v) is 11.4. The van der Waals surface area contributed by atoms with E-state index in [1.165, 1.54) is 38.8 Å². The third-order valence-corrected chi connectivity index (χ3v) is 8.00. The molecule has 7 heteroatoms. The molecule has 0 aromatic heterocycles. The maximum Gasteiger partial charge on any atom is 0.230 e. The fraction of sp³-hybridized carbons (Fsp3) is 0.905. The molecular formula is C21H35N5O2. The van der Waals surface area contributed by atoms with Crippen molar-refractivity contribution in [1.29, 1.82) is 0 Å². The van der Waals surface area contributed by atoms with Crippen LogP contribution in [-0.2, 0) is 9.59 Å². The minimum absolute atomic E-state index is 0.197. The second-order valence-electron chi connectivity index (χ2n) is 9.64. The third kappa shape index (κ3) is 3.35. The number of hydrogen-bond acceptors (Lipinski definition) is 5. The van der Waals surface area contributed by atoms with Gasteiger partial charge >= 0.3 is 0 Å². The van der Waals surface area contributed by atoms with Gasteiger partial charge in [0.2, 0.25) is 11.8 Å². The quantitative estimate of drug-likeness (QED) is 0.735. The van der Waals surface area contributed by atoms with Gasteiger partial charge < -0.3 is 15.1 Å². The summed E-state index contributed by atoms with van der Waals surface area (Å²) >= 11 is 0. The Bertz CT molecular complexity index is 620. The Kier molecular flexibility index (Phi) is 5.09. The highest BCUT2D eigenvalue weighted by Crippen LogP contribution is 2.35. The standard InChI is InChI=1S/C21H35N5O2/c27-19(25-11-9-23-7-1-3-17(23)14-25)13-21(5-6-22-16-21)20(28)26-12-10-24-8-2-4-18(24)15-26/h17-18,22H,1-16H2. The summed E-state index contributed by atoms with van der Waals surface area (Å²) in [5.41, 5.74) is -0.523. The van der Waals surface area contributed by atoms with Crippen molar-refractivity contribution in [2.45, 2.75) is 50.6 Å². The summed E-state index contributed by atoms with van der Waals surface area (Å²) in [6.45, 7) is 9.24. The second kappa shape index (κ2) is 7.58. The van der Waals surface area contributed by atoms with E-state index in [0.717, 1.165) is 52.2 Å². The Balaban J connectivity index is 1.25. The van der Waals surface area contributed by atoms with Crippen LogP contribution >= 0.6 is 0 Å². The minimum Gasteiger partial charge on any atom is -0.340 e. The van der Waals surface area contributed by atoms with Crippen LogP contribution in [0, 0.1) is 5.41 Å². The van der Waals surface area contributed by atoms with Gasteiger partial charge in [-0.15, -0.1) is 0 Å². The fourth-order valence-electron chi connectivity index (χ4n) is 6.28. The lowest BCUT2D eigenvalue weighted by Crippen LogP contribution is -2.57. The van der Waals surface area contributed by atoms with Crippen LogP contribution in [0.25, 0.3) is 0 Å². The van der Waals surface area contributed by atoms with E-state index in [2.05, 4.69) is 24.9 Å². The van der Waals surface area contributed by atoms with Gasteiger partial charge in [0.05, 0.1) is 5.41 Å². The molecule has 156 valence electrons. The summed E-state index contributed by atoms with van der Waals surface area (Å²) in [6, 6.07) is 1.08. The molecule has 0 aliphatic carbocycles. The van der Waals surface area contributed by atoms with Crippen LogP contribution in [0.4, 0.5) is 0 Å².